The Morgan fingerprint density at radius 2 is 1.25 bits per heavy atom. The molecule has 44 nitrogen and oxygen atoms in total. The molecule has 3 heterocycles. The normalized spacial score (nSPS) is 18.6. The number of hydrogen-bond acceptors (Lipinski definition) is 27. The predicted molar refractivity (Wildman–Crippen MR) is 492 cm³/mol. The van der Waals surface area contributed by atoms with E-state index in [1.54, 1.807) is 74.9 Å². The number of methoxy groups -OCH3 is 2. The SMILES string of the molecule is CC[C@H](C)[C@@H]([C@@H](CC(=O)N1CCC[C@H]1[C@H](OC)[C@@H](C)C(=O)N[C@H](C)[C@@H](OP(=O)(O)OCc1ccc(NC(=O)[C@H](CCCNC(N)=O)NC(=O)[C@@H](NC(=O)[C@H](CC(=O)NC2CCCOC2=O)NC(=O)CCOCCOCCOCCOCCNC(=O)[C@H](CNC(=O)CCP(=O)(O)O)N2C(=O)CC(C)C2=O)C(C)C)cc1)c1ccccc1)OC)N(C)C(=O)[C@@H](NC(=O)[C@H](C(C)C)N(C)C)C(C)C. The van der Waals surface area contributed by atoms with Gasteiger partial charge in [0.15, 0.2) is 0 Å². The fraction of sp³-hybridized carbons (Fsp3) is 0.697. The smallest absolute Gasteiger partial charge is 0.464 e. The molecule has 3 fully saturated rings. The number of hydrogen-bond donors (Lipinski definition) is 14. The van der Waals surface area contributed by atoms with Gasteiger partial charge in [0.25, 0.3) is 0 Å². The van der Waals surface area contributed by atoms with Crippen LogP contribution < -0.4 is 58.9 Å². The van der Waals surface area contributed by atoms with E-state index in [1.807, 2.05) is 60.5 Å². The summed E-state index contributed by atoms with van der Waals surface area (Å²) < 4.78 is 76.1. The van der Waals surface area contributed by atoms with Crippen LogP contribution in [0.4, 0.5) is 10.5 Å². The second kappa shape index (κ2) is 58.3. The monoisotopic (exact) mass is 1950 g/mol. The van der Waals surface area contributed by atoms with Gasteiger partial charge in [0, 0.05) is 78.3 Å². The number of carbonyl (C=O) groups is 15. The van der Waals surface area contributed by atoms with Gasteiger partial charge in [-0.1, -0.05) is 118 Å². The van der Waals surface area contributed by atoms with Crippen molar-refractivity contribution < 1.29 is 138 Å². The molecule has 0 aromatic heterocycles. The lowest BCUT2D eigenvalue weighted by molar-refractivity contribution is -0.151. The number of nitrogens with one attached hydrogen (secondary N) is 10. The molecule has 5 rings (SSSR count). The van der Waals surface area contributed by atoms with Gasteiger partial charge in [0.1, 0.15) is 42.4 Å². The Morgan fingerprint density at radius 3 is 1.81 bits per heavy atom. The molecule has 15 amide bonds. The topological polar surface area (TPSA) is 593 Å². The number of nitrogens with two attached hydrogens (primary N) is 1. The first-order chi connectivity index (χ1) is 63.7. The van der Waals surface area contributed by atoms with Crippen molar-refractivity contribution in [1.29, 1.82) is 0 Å². The fourth-order valence-electron chi connectivity index (χ4n) is 16.0. The Labute approximate surface area is 789 Å². The zero-order chi connectivity index (χ0) is 101. The molecule has 17 atom stereocenters. The van der Waals surface area contributed by atoms with Crippen LogP contribution in [0.2, 0.25) is 0 Å². The van der Waals surface area contributed by atoms with E-state index >= 15 is 0 Å². The summed E-state index contributed by atoms with van der Waals surface area (Å²) in [6.07, 6.45) is -3.04. The largest absolute Gasteiger partial charge is 0.473 e. The summed E-state index contributed by atoms with van der Waals surface area (Å²) in [7, 11) is -1.25. The van der Waals surface area contributed by atoms with Crippen LogP contribution in [0.3, 0.4) is 0 Å². The summed E-state index contributed by atoms with van der Waals surface area (Å²) >= 11 is 0. The number of primary amides is 1. The highest BCUT2D eigenvalue weighted by Crippen LogP contribution is 2.50. The summed E-state index contributed by atoms with van der Waals surface area (Å²) in [4.78, 5) is 238. The first-order valence-electron chi connectivity index (χ1n) is 45.9. The maximum atomic E-state index is 14.7. The van der Waals surface area contributed by atoms with E-state index in [0.717, 1.165) is 4.90 Å². The second-order valence-corrected chi connectivity index (χ2v) is 38.5. The van der Waals surface area contributed by atoms with Gasteiger partial charge in [-0.15, -0.1) is 0 Å². The molecule has 3 aliphatic heterocycles. The van der Waals surface area contributed by atoms with Crippen molar-refractivity contribution in [2.75, 3.05) is 132 Å². The Balaban J connectivity index is 1.15. The van der Waals surface area contributed by atoms with Crippen molar-refractivity contribution >= 4 is 110 Å². The highest BCUT2D eigenvalue weighted by molar-refractivity contribution is 7.51. The highest BCUT2D eigenvalue weighted by Gasteiger charge is 2.47. The van der Waals surface area contributed by atoms with Crippen molar-refractivity contribution in [2.45, 2.75) is 239 Å². The van der Waals surface area contributed by atoms with E-state index in [2.05, 4.69) is 53.2 Å². The van der Waals surface area contributed by atoms with Crippen LogP contribution in [0.5, 0.6) is 0 Å². The number of phosphoric ester groups is 1. The number of cyclic esters (lactones) is 1. The van der Waals surface area contributed by atoms with E-state index in [0.29, 0.717) is 43.4 Å². The van der Waals surface area contributed by atoms with Crippen LogP contribution in [0.1, 0.15) is 170 Å². The lowest BCUT2D eigenvalue weighted by atomic mass is 9.89. The first-order valence-corrected chi connectivity index (χ1v) is 49.2. The number of phosphoric acid groups is 1. The molecule has 0 saturated carbocycles. The van der Waals surface area contributed by atoms with Gasteiger partial charge in [-0.3, -0.25) is 85.7 Å². The molecule has 2 aromatic carbocycles. The zero-order valence-electron chi connectivity index (χ0n) is 80.5. The van der Waals surface area contributed by atoms with Gasteiger partial charge >= 0.3 is 27.4 Å². The minimum Gasteiger partial charge on any atom is -0.464 e. The van der Waals surface area contributed by atoms with Gasteiger partial charge in [0.2, 0.25) is 76.8 Å². The van der Waals surface area contributed by atoms with Crippen molar-refractivity contribution in [1.82, 2.24) is 67.5 Å². The van der Waals surface area contributed by atoms with Gasteiger partial charge in [-0.2, -0.15) is 0 Å². The standard InChI is InChI=1S/C89H145N15O29P2/c1-17-56(8)77(102(14)87(117)75(54(4)5)100-85(115)76(55(6)7)101(12)13)68(125-15)50-72(108)103-37-22-28-66(103)78(126-16)58(10)80(110)94-59(11)79(61-24-19-18-20-25-61)133-135(123,124)132-52-60-29-31-62(32-30-60)95-81(111)63(26-21-35-92-89(90)119)98-84(114)74(53(2)3)99-82(112)65(49-71(107)96-64-27-23-38-131-88(64)118)97-70(106)33-39-127-41-43-129-45-46-130-44-42-128-40-36-91-83(113)67(104-73(109)48-57(9)86(104)116)51-93-69(105)34-47-134(120,121)122/h18-20,24-25,29-32,53-59,63-68,74-79H,17,21-23,26-28,33-52H2,1-16H3,(H,91,113)(H,93,105)(H,94,110)(H,95,111)(H,96,107)(H,97,106)(H,98,114)(H,99,112)(H,100,115)(H,123,124)(H3,90,92,119)(H2,120,121,122)/t56-,57?,58+,59+,63-,64?,65-,66-,67-,68+,74-,75-,76-,77-,78+,79+/m0/s1. The van der Waals surface area contributed by atoms with Crippen molar-refractivity contribution in [3.63, 3.8) is 0 Å². The number of esters is 1. The molecule has 0 spiro atoms. The third-order valence-corrected chi connectivity index (χ3v) is 25.2. The maximum Gasteiger partial charge on any atom is 0.473 e. The van der Waals surface area contributed by atoms with Crippen molar-refractivity contribution in [3.8, 4) is 0 Å². The molecule has 0 radical (unpaired) electrons. The van der Waals surface area contributed by atoms with Crippen LogP contribution in [-0.2, 0) is 125 Å². The predicted octanol–water partition coefficient (Wildman–Crippen LogP) is 1.94. The van der Waals surface area contributed by atoms with Crippen LogP contribution >= 0.6 is 15.4 Å². The number of rotatable bonds is 62. The van der Waals surface area contributed by atoms with Gasteiger partial charge in [-0.05, 0) is 106 Å². The molecule has 3 unspecified atom stereocenters. The number of likely N-dealkylation sites (N-methyl/N-ethyl adjacent to an activating group) is 2. The van der Waals surface area contributed by atoms with E-state index in [4.69, 9.17) is 57.7 Å². The summed E-state index contributed by atoms with van der Waals surface area (Å²) in [6, 6.07) is 3.03. The molecular weight excluding hydrogens is 1810 g/mol. The van der Waals surface area contributed by atoms with Crippen LogP contribution in [-0.4, -0.2) is 323 Å². The Kier molecular flexibility index (Phi) is 50.0. The molecule has 46 heteroatoms. The summed E-state index contributed by atoms with van der Waals surface area (Å²) in [5, 5.41) is 26.4. The van der Waals surface area contributed by atoms with Crippen LogP contribution in [0.15, 0.2) is 54.6 Å². The van der Waals surface area contributed by atoms with Gasteiger partial charge < -0.3 is 117 Å². The number of ether oxygens (including phenoxy) is 7. The van der Waals surface area contributed by atoms with Crippen LogP contribution in [0.25, 0.3) is 0 Å². The number of anilines is 1. The quantitative estimate of drug-likeness (QED) is 0.0195. The number of likely N-dealkylation sites (tertiary alicyclic amines) is 2. The van der Waals surface area contributed by atoms with E-state index in [9.17, 15) is 85.9 Å². The first kappa shape index (κ1) is 116. The Hall–Kier alpha value is -9.53. The summed E-state index contributed by atoms with van der Waals surface area (Å²) in [5.41, 5.74) is 6.23. The van der Waals surface area contributed by atoms with Crippen molar-refractivity contribution in [3.05, 3.63) is 65.7 Å². The molecule has 0 bridgehead atoms. The third kappa shape index (κ3) is 39.1. The molecular formula is C89H145N15O29P2. The third-order valence-electron chi connectivity index (χ3n) is 23.4. The lowest BCUT2D eigenvalue weighted by Crippen LogP contribution is -2.59. The summed E-state index contributed by atoms with van der Waals surface area (Å²) in [6.45, 7) is 19.3. The Bertz CT molecular complexity index is 4300. The number of benzene rings is 2. The van der Waals surface area contributed by atoms with E-state index in [-0.39, 0.29) is 152 Å². The minimum atomic E-state index is -5.02. The lowest BCUT2D eigenvalue weighted by Gasteiger charge is -2.41. The second-order valence-electron chi connectivity index (χ2n) is 35.3. The average Bonchev–Trinajstić information content (AvgIpc) is 1.80. The molecule has 2 aromatic rings. The number of amides is 15. The zero-order valence-corrected chi connectivity index (χ0v) is 82.3. The molecule has 135 heavy (non-hydrogen) atoms. The number of imide groups is 1. The molecule has 0 aliphatic carbocycles. The number of carbonyl (C=O) groups excluding carboxylic acids is 15. The van der Waals surface area contributed by atoms with Crippen molar-refractivity contribution in [2.24, 2.45) is 41.2 Å². The van der Waals surface area contributed by atoms with Gasteiger partial charge in [0.05, 0.1) is 127 Å². The average molecular weight is 1950 g/mol. The fourth-order valence-corrected chi connectivity index (χ4v) is 17.5. The van der Waals surface area contributed by atoms with E-state index < -0.39 is 215 Å². The van der Waals surface area contributed by atoms with Crippen LogP contribution in [0, 0.1) is 35.5 Å². The molecule has 15 N–H and O–H groups in total. The molecule has 3 saturated heterocycles. The molecule has 3 aliphatic rings. The molecule has 760 valence electrons. The minimum absolute atomic E-state index is 0.00525. The highest BCUT2D eigenvalue weighted by atomic mass is 31.2. The summed E-state index contributed by atoms with van der Waals surface area (Å²) in [5.74, 6) is -11.8. The Morgan fingerprint density at radius 1 is 0.630 bits per heavy atom. The maximum absolute atomic E-state index is 14.7. The number of urea groups is 1. The van der Waals surface area contributed by atoms with Gasteiger partial charge in [-0.25, -0.2) is 14.2 Å². The van der Waals surface area contributed by atoms with E-state index in [1.165, 1.54) is 45.4 Å². The number of nitrogens with zero attached hydrogens (tertiary/aromatic N) is 4.